The van der Waals surface area contributed by atoms with Crippen LogP contribution in [-0.2, 0) is 5.75 Å². The Labute approximate surface area is 109 Å². The lowest BCUT2D eigenvalue weighted by Crippen LogP contribution is -2.21. The second kappa shape index (κ2) is 5.14. The molecular weight excluding hydrogens is 252 g/mol. The van der Waals surface area contributed by atoms with E-state index in [1.54, 1.807) is 31.4 Å². The van der Waals surface area contributed by atoms with E-state index in [0.29, 0.717) is 17.1 Å². The average molecular weight is 264 g/mol. The predicted molar refractivity (Wildman–Crippen MR) is 70.7 cm³/mol. The maximum Gasteiger partial charge on any atom is 0.275 e. The maximum absolute atomic E-state index is 11.8. The molecule has 1 aromatic heterocycles. The number of thiol groups is 1. The van der Waals surface area contributed by atoms with Gasteiger partial charge >= 0.3 is 0 Å². The number of aromatic hydroxyl groups is 1. The molecule has 0 amide bonds. The average Bonchev–Trinajstić information content (AvgIpc) is 2.39. The van der Waals surface area contributed by atoms with Crippen LogP contribution in [0.15, 0.2) is 35.1 Å². The Kier molecular flexibility index (Phi) is 3.57. The number of hydrogen-bond acceptors (Lipinski definition) is 5. The fourth-order valence-electron chi connectivity index (χ4n) is 1.52. The SMILES string of the molecule is COc1cccc(-n2nc(CS)c(O)cc2=O)c1. The third-order valence-electron chi connectivity index (χ3n) is 2.43. The first-order valence-corrected chi connectivity index (χ1v) is 5.86. The van der Waals surface area contributed by atoms with Gasteiger partial charge in [0.15, 0.2) is 0 Å². The highest BCUT2D eigenvalue weighted by Crippen LogP contribution is 2.17. The van der Waals surface area contributed by atoms with Crippen LogP contribution in [0.3, 0.4) is 0 Å². The Balaban J connectivity index is 2.59. The fourth-order valence-corrected chi connectivity index (χ4v) is 1.75. The van der Waals surface area contributed by atoms with Gasteiger partial charge in [-0.2, -0.15) is 22.4 Å². The monoisotopic (exact) mass is 264 g/mol. The number of nitrogens with zero attached hydrogens (tertiary/aromatic N) is 2. The van der Waals surface area contributed by atoms with Crippen LogP contribution >= 0.6 is 12.6 Å². The summed E-state index contributed by atoms with van der Waals surface area (Å²) in [6.07, 6.45) is 0. The topological polar surface area (TPSA) is 64.3 Å². The van der Waals surface area contributed by atoms with Crippen molar-refractivity contribution in [3.8, 4) is 17.2 Å². The number of aromatic nitrogens is 2. The van der Waals surface area contributed by atoms with Crippen LogP contribution < -0.4 is 10.3 Å². The van der Waals surface area contributed by atoms with Gasteiger partial charge in [0.1, 0.15) is 17.2 Å². The summed E-state index contributed by atoms with van der Waals surface area (Å²) in [4.78, 5) is 11.8. The van der Waals surface area contributed by atoms with Gasteiger partial charge in [0, 0.05) is 17.9 Å². The second-order valence-corrected chi connectivity index (χ2v) is 3.90. The van der Waals surface area contributed by atoms with E-state index >= 15 is 0 Å². The summed E-state index contributed by atoms with van der Waals surface area (Å²) in [6, 6.07) is 8.08. The van der Waals surface area contributed by atoms with Crippen molar-refractivity contribution in [3.05, 3.63) is 46.4 Å². The molecule has 1 aromatic carbocycles. The van der Waals surface area contributed by atoms with Gasteiger partial charge in [0.25, 0.3) is 5.56 Å². The highest BCUT2D eigenvalue weighted by Gasteiger charge is 2.08. The zero-order valence-electron chi connectivity index (χ0n) is 9.70. The van der Waals surface area contributed by atoms with Gasteiger partial charge in [0.2, 0.25) is 0 Å². The molecule has 0 saturated carbocycles. The van der Waals surface area contributed by atoms with Crippen LogP contribution in [0.25, 0.3) is 5.69 Å². The highest BCUT2D eigenvalue weighted by molar-refractivity contribution is 7.79. The van der Waals surface area contributed by atoms with Crippen molar-refractivity contribution in [2.24, 2.45) is 0 Å². The number of ether oxygens (including phenoxy) is 1. The van der Waals surface area contributed by atoms with E-state index in [2.05, 4.69) is 17.7 Å². The van der Waals surface area contributed by atoms with Crippen LogP contribution in [0.2, 0.25) is 0 Å². The van der Waals surface area contributed by atoms with Crippen molar-refractivity contribution >= 4 is 12.6 Å². The molecule has 1 heterocycles. The van der Waals surface area contributed by atoms with Gasteiger partial charge in [-0.05, 0) is 12.1 Å². The van der Waals surface area contributed by atoms with Gasteiger partial charge in [-0.3, -0.25) is 4.79 Å². The Hall–Kier alpha value is -1.95. The van der Waals surface area contributed by atoms with Crippen LogP contribution in [0.1, 0.15) is 5.69 Å². The van der Waals surface area contributed by atoms with E-state index in [1.807, 2.05) is 0 Å². The number of hydrogen-bond donors (Lipinski definition) is 2. The molecule has 0 aliphatic rings. The van der Waals surface area contributed by atoms with Crippen molar-refractivity contribution in [2.45, 2.75) is 5.75 Å². The zero-order chi connectivity index (χ0) is 13.1. The summed E-state index contributed by atoms with van der Waals surface area (Å²) in [5.41, 5.74) is 0.509. The molecule has 1 N–H and O–H groups in total. The van der Waals surface area contributed by atoms with Gasteiger partial charge < -0.3 is 9.84 Å². The standard InChI is InChI=1S/C12H12N2O3S/c1-17-9-4-2-3-8(5-9)14-12(16)6-11(15)10(7-18)13-14/h2-6,15,18H,7H2,1H3. The fraction of sp³-hybridized carbons (Fsp3) is 0.167. The second-order valence-electron chi connectivity index (χ2n) is 3.59. The van der Waals surface area contributed by atoms with E-state index in [1.165, 1.54) is 4.68 Å². The molecule has 0 radical (unpaired) electrons. The summed E-state index contributed by atoms with van der Waals surface area (Å²) >= 11 is 4.05. The lowest BCUT2D eigenvalue weighted by molar-refractivity contribution is 0.414. The molecule has 18 heavy (non-hydrogen) atoms. The normalized spacial score (nSPS) is 10.3. The van der Waals surface area contributed by atoms with Crippen LogP contribution in [0, 0.1) is 0 Å². The summed E-state index contributed by atoms with van der Waals surface area (Å²) in [7, 11) is 1.55. The van der Waals surface area contributed by atoms with Gasteiger partial charge in [-0.25, -0.2) is 0 Å². The Bertz CT molecular complexity index is 625. The van der Waals surface area contributed by atoms with Crippen molar-refractivity contribution < 1.29 is 9.84 Å². The minimum absolute atomic E-state index is 0.144. The van der Waals surface area contributed by atoms with Crippen molar-refractivity contribution in [1.82, 2.24) is 9.78 Å². The highest BCUT2D eigenvalue weighted by atomic mass is 32.1. The predicted octanol–water partition coefficient (Wildman–Crippen LogP) is 1.38. The van der Waals surface area contributed by atoms with E-state index < -0.39 is 5.56 Å². The zero-order valence-corrected chi connectivity index (χ0v) is 10.6. The summed E-state index contributed by atoms with van der Waals surface area (Å²) in [5, 5.41) is 13.6. The third-order valence-corrected chi connectivity index (χ3v) is 2.73. The molecule has 0 bridgehead atoms. The molecule has 5 nitrogen and oxygen atoms in total. The molecule has 2 aromatic rings. The van der Waals surface area contributed by atoms with E-state index in [9.17, 15) is 9.90 Å². The van der Waals surface area contributed by atoms with E-state index in [-0.39, 0.29) is 11.5 Å². The van der Waals surface area contributed by atoms with Crippen molar-refractivity contribution in [2.75, 3.05) is 7.11 Å². The molecule has 6 heteroatoms. The van der Waals surface area contributed by atoms with Crippen LogP contribution in [-0.4, -0.2) is 22.0 Å². The molecule has 2 rings (SSSR count). The molecular formula is C12H12N2O3S. The number of rotatable bonds is 3. The first kappa shape index (κ1) is 12.5. The largest absolute Gasteiger partial charge is 0.506 e. The molecule has 0 aliphatic carbocycles. The maximum atomic E-state index is 11.8. The number of benzene rings is 1. The van der Waals surface area contributed by atoms with Crippen molar-refractivity contribution in [3.63, 3.8) is 0 Å². The lowest BCUT2D eigenvalue weighted by Gasteiger charge is -2.08. The van der Waals surface area contributed by atoms with Crippen LogP contribution in [0.5, 0.6) is 11.5 Å². The molecule has 0 unspecified atom stereocenters. The van der Waals surface area contributed by atoms with Gasteiger partial charge in [0.05, 0.1) is 12.8 Å². The minimum atomic E-state index is -0.411. The minimum Gasteiger partial charge on any atom is -0.506 e. The molecule has 0 spiro atoms. The Morgan fingerprint density at radius 1 is 1.44 bits per heavy atom. The summed E-state index contributed by atoms with van der Waals surface area (Å²) < 4.78 is 6.29. The van der Waals surface area contributed by atoms with E-state index in [0.717, 1.165) is 6.07 Å². The van der Waals surface area contributed by atoms with Gasteiger partial charge in [-0.1, -0.05) is 6.07 Å². The first-order valence-electron chi connectivity index (χ1n) is 5.23. The molecule has 0 atom stereocenters. The summed E-state index contributed by atoms with van der Waals surface area (Å²) in [5.74, 6) is 0.728. The van der Waals surface area contributed by atoms with E-state index in [4.69, 9.17) is 4.74 Å². The van der Waals surface area contributed by atoms with Crippen molar-refractivity contribution in [1.29, 1.82) is 0 Å². The smallest absolute Gasteiger partial charge is 0.275 e. The molecule has 0 saturated heterocycles. The summed E-state index contributed by atoms with van der Waals surface area (Å²) in [6.45, 7) is 0. The lowest BCUT2D eigenvalue weighted by atomic mass is 10.3. The first-order chi connectivity index (χ1) is 8.65. The molecule has 94 valence electrons. The Morgan fingerprint density at radius 3 is 2.89 bits per heavy atom. The van der Waals surface area contributed by atoms with Gasteiger partial charge in [-0.15, -0.1) is 0 Å². The van der Waals surface area contributed by atoms with Crippen LogP contribution in [0.4, 0.5) is 0 Å². The quantitative estimate of drug-likeness (QED) is 0.822. The third kappa shape index (κ3) is 2.33. The number of methoxy groups -OCH3 is 1. The Morgan fingerprint density at radius 2 is 2.22 bits per heavy atom. The molecule has 0 fully saturated rings. The molecule has 0 aliphatic heterocycles.